The highest BCUT2D eigenvalue weighted by molar-refractivity contribution is 7.89. The van der Waals surface area contributed by atoms with E-state index in [2.05, 4.69) is 21.9 Å². The van der Waals surface area contributed by atoms with Crippen molar-refractivity contribution in [2.75, 3.05) is 12.4 Å². The van der Waals surface area contributed by atoms with Gasteiger partial charge in [-0.15, -0.1) is 11.3 Å². The molecule has 0 saturated heterocycles. The van der Waals surface area contributed by atoms with Crippen LogP contribution in [0.5, 0.6) is 5.75 Å². The molecule has 0 spiro atoms. The highest BCUT2D eigenvalue weighted by Crippen LogP contribution is 2.32. The molecular formula is C20H27N3O4S2. The van der Waals surface area contributed by atoms with E-state index in [0.29, 0.717) is 11.0 Å². The monoisotopic (exact) mass is 437 g/mol. The van der Waals surface area contributed by atoms with Gasteiger partial charge in [0.2, 0.25) is 10.0 Å². The predicted molar refractivity (Wildman–Crippen MR) is 114 cm³/mol. The fourth-order valence-electron chi connectivity index (χ4n) is 3.25. The Hall–Kier alpha value is -1.97. The standard InChI is InChI=1S/C20H27N3O4S2/c1-12-6-8-14-16(10-12)28-19(21-14)22-18(24)13-7-9-15(27-5)17(11-13)29(25,26)23-20(2,3)4/h7,9,11-12,23H,6,8,10H2,1-5H3,(H,21,22,24). The van der Waals surface area contributed by atoms with Crippen molar-refractivity contribution in [3.05, 3.63) is 34.3 Å². The molecular weight excluding hydrogens is 410 g/mol. The number of thiazole rings is 1. The Bertz CT molecular complexity index is 1020. The van der Waals surface area contributed by atoms with Gasteiger partial charge in [-0.2, -0.15) is 0 Å². The maximum Gasteiger partial charge on any atom is 0.257 e. The average Bonchev–Trinajstić information content (AvgIpc) is 3.00. The Morgan fingerprint density at radius 1 is 1.31 bits per heavy atom. The van der Waals surface area contributed by atoms with Crippen molar-refractivity contribution in [3.63, 3.8) is 0 Å². The molecule has 0 bridgehead atoms. The van der Waals surface area contributed by atoms with Crippen LogP contribution in [0.15, 0.2) is 23.1 Å². The van der Waals surface area contributed by atoms with E-state index in [1.165, 1.54) is 35.5 Å². The summed E-state index contributed by atoms with van der Waals surface area (Å²) < 4.78 is 33.4. The number of methoxy groups -OCH3 is 1. The van der Waals surface area contributed by atoms with Gasteiger partial charge in [0.25, 0.3) is 5.91 Å². The predicted octanol–water partition coefficient (Wildman–Crippen LogP) is 3.61. The molecule has 7 nitrogen and oxygen atoms in total. The Morgan fingerprint density at radius 2 is 2.03 bits per heavy atom. The van der Waals surface area contributed by atoms with Crippen LogP contribution in [-0.4, -0.2) is 32.0 Å². The molecule has 1 aliphatic carbocycles. The lowest BCUT2D eigenvalue weighted by Gasteiger charge is -2.21. The van der Waals surface area contributed by atoms with Crippen LogP contribution in [-0.2, 0) is 22.9 Å². The molecule has 1 aliphatic rings. The molecule has 0 aliphatic heterocycles. The summed E-state index contributed by atoms with van der Waals surface area (Å²) in [5, 5.41) is 3.35. The number of hydrogen-bond donors (Lipinski definition) is 2. The zero-order valence-corrected chi connectivity index (χ0v) is 19.0. The molecule has 1 amide bonds. The van der Waals surface area contributed by atoms with Crippen LogP contribution >= 0.6 is 11.3 Å². The third-order valence-corrected chi connectivity index (χ3v) is 7.38. The van der Waals surface area contributed by atoms with Crippen molar-refractivity contribution in [3.8, 4) is 5.75 Å². The molecule has 158 valence electrons. The summed E-state index contributed by atoms with van der Waals surface area (Å²) in [6.07, 6.45) is 3.00. The average molecular weight is 438 g/mol. The molecule has 9 heteroatoms. The molecule has 0 fully saturated rings. The first-order valence-corrected chi connectivity index (χ1v) is 11.8. The van der Waals surface area contributed by atoms with Crippen LogP contribution in [0.1, 0.15) is 55.0 Å². The lowest BCUT2D eigenvalue weighted by molar-refractivity contribution is 0.102. The van der Waals surface area contributed by atoms with E-state index in [1.54, 1.807) is 26.8 Å². The lowest BCUT2D eigenvalue weighted by Crippen LogP contribution is -2.40. The smallest absolute Gasteiger partial charge is 0.257 e. The Balaban J connectivity index is 1.86. The van der Waals surface area contributed by atoms with Gasteiger partial charge < -0.3 is 4.74 Å². The second-order valence-electron chi connectivity index (χ2n) is 8.41. The number of benzene rings is 1. The quantitative estimate of drug-likeness (QED) is 0.745. The van der Waals surface area contributed by atoms with E-state index in [0.717, 1.165) is 25.0 Å². The van der Waals surface area contributed by atoms with Gasteiger partial charge in [0.05, 0.1) is 12.8 Å². The number of aryl methyl sites for hydroxylation is 1. The zero-order chi connectivity index (χ0) is 21.4. The normalized spacial score (nSPS) is 16.9. The van der Waals surface area contributed by atoms with Crippen LogP contribution in [0.25, 0.3) is 0 Å². The lowest BCUT2D eigenvalue weighted by atomic mass is 9.93. The minimum atomic E-state index is -3.87. The minimum absolute atomic E-state index is 0.0742. The molecule has 1 aromatic carbocycles. The van der Waals surface area contributed by atoms with Gasteiger partial charge in [0, 0.05) is 16.0 Å². The van der Waals surface area contributed by atoms with Crippen LogP contribution in [0.4, 0.5) is 5.13 Å². The topological polar surface area (TPSA) is 97.4 Å². The molecule has 2 N–H and O–H groups in total. The first kappa shape index (κ1) is 21.7. The maximum absolute atomic E-state index is 12.8. The molecule has 0 radical (unpaired) electrons. The minimum Gasteiger partial charge on any atom is -0.495 e. The number of rotatable bonds is 5. The van der Waals surface area contributed by atoms with Crippen molar-refractivity contribution in [1.29, 1.82) is 0 Å². The number of amides is 1. The Kier molecular flexibility index (Phi) is 6.03. The van der Waals surface area contributed by atoms with Crippen LogP contribution < -0.4 is 14.8 Å². The molecule has 0 saturated carbocycles. The molecule has 1 atom stereocenters. The SMILES string of the molecule is COc1ccc(C(=O)Nc2nc3c(s2)CC(C)CC3)cc1S(=O)(=O)NC(C)(C)C. The van der Waals surface area contributed by atoms with Gasteiger partial charge in [-0.3, -0.25) is 10.1 Å². The van der Waals surface area contributed by atoms with E-state index >= 15 is 0 Å². The number of hydrogen-bond acceptors (Lipinski definition) is 6. The van der Waals surface area contributed by atoms with Gasteiger partial charge in [0.1, 0.15) is 10.6 Å². The number of carbonyl (C=O) groups excluding carboxylic acids is 1. The number of anilines is 1. The molecule has 1 heterocycles. The summed E-state index contributed by atoms with van der Waals surface area (Å²) in [5.74, 6) is 0.396. The van der Waals surface area contributed by atoms with Crippen molar-refractivity contribution in [1.82, 2.24) is 9.71 Å². The number of nitrogens with zero attached hydrogens (tertiary/aromatic N) is 1. The van der Waals surface area contributed by atoms with Crippen LogP contribution in [0.3, 0.4) is 0 Å². The van der Waals surface area contributed by atoms with Crippen molar-refractivity contribution < 1.29 is 17.9 Å². The van der Waals surface area contributed by atoms with E-state index in [-0.39, 0.29) is 16.2 Å². The Labute approximate surface area is 175 Å². The zero-order valence-electron chi connectivity index (χ0n) is 17.3. The van der Waals surface area contributed by atoms with E-state index < -0.39 is 21.5 Å². The van der Waals surface area contributed by atoms with Gasteiger partial charge >= 0.3 is 0 Å². The number of nitrogens with one attached hydrogen (secondary N) is 2. The third-order valence-electron chi connectivity index (χ3n) is 4.56. The highest BCUT2D eigenvalue weighted by atomic mass is 32.2. The fourth-order valence-corrected chi connectivity index (χ4v) is 6.03. The summed E-state index contributed by atoms with van der Waals surface area (Å²) in [4.78, 5) is 18.4. The molecule has 29 heavy (non-hydrogen) atoms. The number of fused-ring (bicyclic) bond motifs is 1. The second-order valence-corrected chi connectivity index (χ2v) is 11.1. The van der Waals surface area contributed by atoms with Crippen molar-refractivity contribution in [2.24, 2.45) is 5.92 Å². The molecule has 1 unspecified atom stereocenters. The summed E-state index contributed by atoms with van der Waals surface area (Å²) in [6, 6.07) is 4.36. The highest BCUT2D eigenvalue weighted by Gasteiger charge is 2.27. The van der Waals surface area contributed by atoms with Crippen LogP contribution in [0.2, 0.25) is 0 Å². The maximum atomic E-state index is 12.8. The summed E-state index contributed by atoms with van der Waals surface area (Å²) >= 11 is 1.49. The Morgan fingerprint density at radius 3 is 2.69 bits per heavy atom. The van der Waals surface area contributed by atoms with E-state index in [9.17, 15) is 13.2 Å². The van der Waals surface area contributed by atoms with E-state index in [1.807, 2.05) is 0 Å². The number of sulfonamides is 1. The first-order chi connectivity index (χ1) is 13.5. The first-order valence-electron chi connectivity index (χ1n) is 9.50. The van der Waals surface area contributed by atoms with Crippen LogP contribution in [0, 0.1) is 5.92 Å². The van der Waals surface area contributed by atoms with Crippen molar-refractivity contribution in [2.45, 2.75) is 57.4 Å². The number of aromatic nitrogens is 1. The fraction of sp³-hybridized carbons (Fsp3) is 0.500. The van der Waals surface area contributed by atoms with Gasteiger partial charge in [-0.05, 0) is 64.2 Å². The van der Waals surface area contributed by atoms with Gasteiger partial charge in [-0.25, -0.2) is 18.1 Å². The second kappa shape index (κ2) is 8.04. The summed E-state index contributed by atoms with van der Waals surface area (Å²) in [7, 11) is -2.47. The number of carbonyl (C=O) groups is 1. The van der Waals surface area contributed by atoms with Crippen molar-refractivity contribution >= 4 is 32.4 Å². The number of ether oxygens (including phenoxy) is 1. The molecule has 1 aromatic heterocycles. The summed E-state index contributed by atoms with van der Waals surface area (Å²) in [6.45, 7) is 7.46. The molecule has 3 rings (SSSR count). The third kappa shape index (κ3) is 5.15. The van der Waals surface area contributed by atoms with Gasteiger partial charge in [0.15, 0.2) is 5.13 Å². The largest absolute Gasteiger partial charge is 0.495 e. The van der Waals surface area contributed by atoms with Gasteiger partial charge in [-0.1, -0.05) is 6.92 Å². The van der Waals surface area contributed by atoms with E-state index in [4.69, 9.17) is 4.74 Å². The molecule has 2 aromatic rings. The summed E-state index contributed by atoms with van der Waals surface area (Å²) in [5.41, 5.74) is 0.608.